The number of para-hydroxylation sites is 2. The van der Waals surface area contributed by atoms with Crippen molar-refractivity contribution in [3.05, 3.63) is 24.3 Å². The monoisotopic (exact) mass is 306 g/mol. The third kappa shape index (κ3) is 3.55. The van der Waals surface area contributed by atoms with Crippen molar-refractivity contribution >= 4 is 23.5 Å². The van der Waals surface area contributed by atoms with E-state index in [1.165, 1.54) is 0 Å². The number of carbonyl (C=O) groups is 3. The number of carboxylic acids is 1. The van der Waals surface area contributed by atoms with Crippen LogP contribution in [0.3, 0.4) is 0 Å². The molecule has 1 aromatic rings. The van der Waals surface area contributed by atoms with E-state index in [1.54, 1.807) is 38.1 Å². The number of rotatable bonds is 5. The number of amides is 2. The highest BCUT2D eigenvalue weighted by Gasteiger charge is 2.31. The maximum absolute atomic E-state index is 12.0. The third-order valence-electron chi connectivity index (χ3n) is 3.33. The van der Waals surface area contributed by atoms with Crippen LogP contribution >= 0.6 is 0 Å². The van der Waals surface area contributed by atoms with Crippen LogP contribution < -0.4 is 15.4 Å². The topological polar surface area (TPSA) is 105 Å². The van der Waals surface area contributed by atoms with E-state index >= 15 is 0 Å². The molecule has 0 saturated heterocycles. The second-order valence-electron chi connectivity index (χ2n) is 5.42. The summed E-state index contributed by atoms with van der Waals surface area (Å²) in [5.41, 5.74) is 0.551. The van der Waals surface area contributed by atoms with Crippen LogP contribution in [-0.2, 0) is 14.4 Å². The predicted octanol–water partition coefficient (Wildman–Crippen LogP) is 1.00. The molecule has 0 aromatic heterocycles. The van der Waals surface area contributed by atoms with Crippen molar-refractivity contribution in [3.8, 4) is 5.75 Å². The van der Waals surface area contributed by atoms with Gasteiger partial charge in [0.15, 0.2) is 6.10 Å². The quantitative estimate of drug-likeness (QED) is 0.753. The van der Waals surface area contributed by atoms with Gasteiger partial charge in [0.25, 0.3) is 5.91 Å². The number of nitrogens with one attached hydrogen (secondary N) is 2. The van der Waals surface area contributed by atoms with E-state index in [2.05, 4.69) is 10.6 Å². The molecule has 0 aliphatic carbocycles. The fraction of sp³-hybridized carbons (Fsp3) is 0.400. The van der Waals surface area contributed by atoms with Gasteiger partial charge in [-0.1, -0.05) is 26.0 Å². The third-order valence-corrected chi connectivity index (χ3v) is 3.33. The zero-order chi connectivity index (χ0) is 16.3. The molecule has 0 fully saturated rings. The molecule has 118 valence electrons. The normalized spacial score (nSPS) is 18.0. The molecular weight excluding hydrogens is 288 g/mol. The van der Waals surface area contributed by atoms with E-state index in [1.807, 2.05) is 0 Å². The summed E-state index contributed by atoms with van der Waals surface area (Å²) in [5, 5.41) is 14.1. The van der Waals surface area contributed by atoms with Gasteiger partial charge in [0.1, 0.15) is 11.8 Å². The lowest BCUT2D eigenvalue weighted by Crippen LogP contribution is -2.47. The van der Waals surface area contributed by atoms with Crippen LogP contribution in [0.25, 0.3) is 0 Å². The molecule has 3 N–H and O–H groups in total. The Morgan fingerprint density at radius 2 is 2.05 bits per heavy atom. The summed E-state index contributed by atoms with van der Waals surface area (Å²) < 4.78 is 5.50. The summed E-state index contributed by atoms with van der Waals surface area (Å²) in [6.07, 6.45) is -1.21. The number of fused-ring (bicyclic) bond motifs is 1. The second-order valence-corrected chi connectivity index (χ2v) is 5.42. The molecule has 22 heavy (non-hydrogen) atoms. The molecular formula is C15H18N2O5. The molecule has 0 bridgehead atoms. The Hall–Kier alpha value is -2.57. The minimum absolute atomic E-state index is 0.239. The van der Waals surface area contributed by atoms with Gasteiger partial charge in [-0.3, -0.25) is 9.59 Å². The molecule has 1 aromatic carbocycles. The molecule has 0 radical (unpaired) electrons. The molecule has 1 aliphatic heterocycles. The SMILES string of the molecule is CC(C)[C@H](NC(=O)CC1Oc2ccccc2NC1=O)C(=O)O. The molecule has 1 aliphatic rings. The van der Waals surface area contributed by atoms with Crippen molar-refractivity contribution in [1.82, 2.24) is 5.32 Å². The van der Waals surface area contributed by atoms with E-state index in [4.69, 9.17) is 9.84 Å². The first kappa shape index (κ1) is 15.8. The molecule has 0 saturated carbocycles. The standard InChI is InChI=1S/C15H18N2O5/c1-8(2)13(15(20)21)17-12(18)7-11-14(19)16-9-5-3-4-6-10(9)22-11/h3-6,8,11,13H,7H2,1-2H3,(H,16,19)(H,17,18)(H,20,21)/t11?,13-/m0/s1. The van der Waals surface area contributed by atoms with E-state index in [0.717, 1.165) is 0 Å². The van der Waals surface area contributed by atoms with E-state index < -0.39 is 29.9 Å². The highest BCUT2D eigenvalue weighted by Crippen LogP contribution is 2.29. The summed E-state index contributed by atoms with van der Waals surface area (Å²) in [6.45, 7) is 3.39. The molecule has 7 heteroatoms. The Morgan fingerprint density at radius 1 is 1.36 bits per heavy atom. The van der Waals surface area contributed by atoms with Gasteiger partial charge in [0.05, 0.1) is 12.1 Å². The van der Waals surface area contributed by atoms with Crippen LogP contribution in [-0.4, -0.2) is 35.0 Å². The number of ether oxygens (including phenoxy) is 1. The van der Waals surface area contributed by atoms with Crippen molar-refractivity contribution in [2.75, 3.05) is 5.32 Å². The Bertz CT molecular complexity index is 599. The molecule has 0 spiro atoms. The van der Waals surface area contributed by atoms with Gasteiger partial charge in [0, 0.05) is 0 Å². The largest absolute Gasteiger partial charge is 0.480 e. The zero-order valence-electron chi connectivity index (χ0n) is 12.3. The van der Waals surface area contributed by atoms with Gasteiger partial charge in [-0.05, 0) is 18.1 Å². The number of hydrogen-bond donors (Lipinski definition) is 3. The lowest BCUT2D eigenvalue weighted by Gasteiger charge is -2.26. The maximum Gasteiger partial charge on any atom is 0.326 e. The molecule has 2 rings (SSSR count). The minimum atomic E-state index is -1.11. The van der Waals surface area contributed by atoms with E-state index in [0.29, 0.717) is 11.4 Å². The molecule has 2 atom stereocenters. The molecule has 1 heterocycles. The highest BCUT2D eigenvalue weighted by molar-refractivity contribution is 6.00. The Labute approximate surface area is 127 Å². The Kier molecular flexibility index (Phi) is 4.65. The Balaban J connectivity index is 2.00. The van der Waals surface area contributed by atoms with Gasteiger partial charge < -0.3 is 20.5 Å². The van der Waals surface area contributed by atoms with Crippen molar-refractivity contribution in [1.29, 1.82) is 0 Å². The number of aliphatic carboxylic acids is 1. The van der Waals surface area contributed by atoms with Gasteiger partial charge >= 0.3 is 5.97 Å². The van der Waals surface area contributed by atoms with E-state index in [-0.39, 0.29) is 12.3 Å². The number of carboxylic acid groups (broad SMARTS) is 1. The van der Waals surface area contributed by atoms with Gasteiger partial charge in [0.2, 0.25) is 5.91 Å². The average molecular weight is 306 g/mol. The number of benzene rings is 1. The van der Waals surface area contributed by atoms with Crippen LogP contribution in [0.5, 0.6) is 5.75 Å². The second kappa shape index (κ2) is 6.46. The predicted molar refractivity (Wildman–Crippen MR) is 78.5 cm³/mol. The zero-order valence-corrected chi connectivity index (χ0v) is 12.3. The summed E-state index contributed by atoms with van der Waals surface area (Å²) in [5.74, 6) is -1.85. The van der Waals surface area contributed by atoms with Gasteiger partial charge in [-0.15, -0.1) is 0 Å². The van der Waals surface area contributed by atoms with Crippen LogP contribution in [0, 0.1) is 5.92 Å². The van der Waals surface area contributed by atoms with Crippen LogP contribution in [0.1, 0.15) is 20.3 Å². The summed E-state index contributed by atoms with van der Waals surface area (Å²) >= 11 is 0. The minimum Gasteiger partial charge on any atom is -0.480 e. The van der Waals surface area contributed by atoms with Crippen LogP contribution in [0.15, 0.2) is 24.3 Å². The van der Waals surface area contributed by atoms with Crippen LogP contribution in [0.4, 0.5) is 5.69 Å². The Morgan fingerprint density at radius 3 is 2.68 bits per heavy atom. The molecule has 2 amide bonds. The number of carbonyl (C=O) groups excluding carboxylic acids is 2. The molecule has 1 unspecified atom stereocenters. The first-order valence-electron chi connectivity index (χ1n) is 6.97. The highest BCUT2D eigenvalue weighted by atomic mass is 16.5. The van der Waals surface area contributed by atoms with Crippen molar-refractivity contribution in [2.45, 2.75) is 32.4 Å². The first-order chi connectivity index (χ1) is 10.4. The van der Waals surface area contributed by atoms with Crippen molar-refractivity contribution < 1.29 is 24.2 Å². The van der Waals surface area contributed by atoms with Crippen molar-refractivity contribution in [3.63, 3.8) is 0 Å². The smallest absolute Gasteiger partial charge is 0.326 e. The summed E-state index contributed by atoms with van der Waals surface area (Å²) in [6, 6.07) is 5.91. The van der Waals surface area contributed by atoms with Crippen LogP contribution in [0.2, 0.25) is 0 Å². The van der Waals surface area contributed by atoms with Gasteiger partial charge in [-0.25, -0.2) is 4.79 Å². The average Bonchev–Trinajstić information content (AvgIpc) is 2.45. The first-order valence-corrected chi connectivity index (χ1v) is 6.97. The molecule has 7 nitrogen and oxygen atoms in total. The summed E-state index contributed by atoms with van der Waals surface area (Å²) in [4.78, 5) is 34.9. The van der Waals surface area contributed by atoms with Gasteiger partial charge in [-0.2, -0.15) is 0 Å². The lowest BCUT2D eigenvalue weighted by molar-refractivity contribution is -0.143. The number of hydrogen-bond acceptors (Lipinski definition) is 4. The van der Waals surface area contributed by atoms with E-state index in [9.17, 15) is 14.4 Å². The fourth-order valence-electron chi connectivity index (χ4n) is 2.14. The van der Waals surface area contributed by atoms with Crippen molar-refractivity contribution in [2.24, 2.45) is 5.92 Å². The fourth-order valence-corrected chi connectivity index (χ4v) is 2.14. The summed E-state index contributed by atoms with van der Waals surface area (Å²) in [7, 11) is 0. The number of anilines is 1. The maximum atomic E-state index is 12.0. The lowest BCUT2D eigenvalue weighted by atomic mass is 10.0.